The summed E-state index contributed by atoms with van der Waals surface area (Å²) < 4.78 is 11.3. The van der Waals surface area contributed by atoms with Gasteiger partial charge in [-0.15, -0.1) is 0 Å². The molecule has 0 unspecified atom stereocenters. The Labute approximate surface area is 158 Å². The van der Waals surface area contributed by atoms with E-state index >= 15 is 0 Å². The lowest BCUT2D eigenvalue weighted by Crippen LogP contribution is -2.36. The van der Waals surface area contributed by atoms with E-state index in [0.29, 0.717) is 6.54 Å². The molecule has 1 aliphatic heterocycles. The molecule has 142 valence electrons. The van der Waals surface area contributed by atoms with Crippen LogP contribution < -0.4 is 9.47 Å². The molecule has 0 aliphatic carbocycles. The number of carbonyl (C=O) groups is 2. The Morgan fingerprint density at radius 1 is 1.26 bits per heavy atom. The van der Waals surface area contributed by atoms with Crippen molar-refractivity contribution in [2.24, 2.45) is 0 Å². The number of ketones is 1. The van der Waals surface area contributed by atoms with Gasteiger partial charge in [-0.25, -0.2) is 0 Å². The van der Waals surface area contributed by atoms with Crippen LogP contribution in [-0.4, -0.2) is 41.0 Å². The number of Topliss-reactive ketones (excluding diaryl/α,β-unsaturated/α-hetero) is 1. The van der Waals surface area contributed by atoms with E-state index < -0.39 is 5.60 Å². The second-order valence-electron chi connectivity index (χ2n) is 7.30. The lowest BCUT2D eigenvalue weighted by Gasteiger charge is -2.32. The third-order valence-electron chi connectivity index (χ3n) is 4.36. The monoisotopic (exact) mass is 369 g/mol. The maximum absolute atomic E-state index is 12.3. The molecule has 0 radical (unpaired) electrons. The number of fused-ring (bicyclic) bond motifs is 1. The molecule has 0 saturated heterocycles. The maximum atomic E-state index is 12.3. The number of phenolic OH excluding ortho intramolecular Hbond substituents is 1. The van der Waals surface area contributed by atoms with Crippen molar-refractivity contribution < 1.29 is 24.2 Å². The van der Waals surface area contributed by atoms with Crippen molar-refractivity contribution in [2.75, 3.05) is 13.7 Å². The first-order valence-corrected chi connectivity index (χ1v) is 8.75. The Morgan fingerprint density at radius 3 is 2.67 bits per heavy atom. The number of nitrogens with zero attached hydrogens (tertiary/aromatic N) is 1. The van der Waals surface area contributed by atoms with E-state index in [2.05, 4.69) is 0 Å². The van der Waals surface area contributed by atoms with E-state index in [1.54, 1.807) is 31.9 Å². The summed E-state index contributed by atoms with van der Waals surface area (Å²) in [5.41, 5.74) is 0.532. The van der Waals surface area contributed by atoms with Gasteiger partial charge in [0.15, 0.2) is 12.4 Å². The molecule has 1 aliphatic rings. The van der Waals surface area contributed by atoms with Gasteiger partial charge in [0.25, 0.3) is 5.91 Å². The summed E-state index contributed by atoms with van der Waals surface area (Å²) in [5.74, 6) is -0.0278. The molecule has 0 spiro atoms. The van der Waals surface area contributed by atoms with E-state index in [1.165, 1.54) is 6.07 Å². The molecule has 2 aromatic rings. The number of likely N-dealkylation sites (N-methyl/N-ethyl adjacent to an activating group) is 1. The van der Waals surface area contributed by atoms with Crippen LogP contribution in [0.2, 0.25) is 0 Å². The molecule has 1 heterocycles. The Bertz CT molecular complexity index is 860. The van der Waals surface area contributed by atoms with E-state index in [9.17, 15) is 14.7 Å². The average Bonchev–Trinajstić information content (AvgIpc) is 2.58. The first kappa shape index (κ1) is 18.8. The zero-order valence-corrected chi connectivity index (χ0v) is 15.7. The first-order chi connectivity index (χ1) is 12.7. The molecule has 0 saturated carbocycles. The molecule has 6 heteroatoms. The van der Waals surface area contributed by atoms with Crippen LogP contribution in [0.1, 0.15) is 36.2 Å². The SMILES string of the molecule is CN(Cc1ccccc1)C(=O)COc1cc(O)c2c(c1)OC(C)(C)CC2=O. The summed E-state index contributed by atoms with van der Waals surface area (Å²) in [4.78, 5) is 26.1. The van der Waals surface area contributed by atoms with E-state index in [-0.39, 0.29) is 47.5 Å². The van der Waals surface area contributed by atoms with Crippen molar-refractivity contribution in [1.29, 1.82) is 0 Å². The molecule has 6 nitrogen and oxygen atoms in total. The summed E-state index contributed by atoms with van der Waals surface area (Å²) in [5, 5.41) is 10.2. The number of benzene rings is 2. The van der Waals surface area contributed by atoms with Gasteiger partial charge in [0.1, 0.15) is 28.4 Å². The molecule has 2 aromatic carbocycles. The Morgan fingerprint density at radius 2 is 1.96 bits per heavy atom. The number of carbonyl (C=O) groups excluding carboxylic acids is 2. The Balaban J connectivity index is 1.67. The van der Waals surface area contributed by atoms with Crippen molar-refractivity contribution >= 4 is 11.7 Å². The molecule has 0 aromatic heterocycles. The van der Waals surface area contributed by atoms with Gasteiger partial charge in [-0.1, -0.05) is 30.3 Å². The molecular weight excluding hydrogens is 346 g/mol. The van der Waals surface area contributed by atoms with Gasteiger partial charge in [0.2, 0.25) is 0 Å². The largest absolute Gasteiger partial charge is 0.507 e. The molecule has 0 bridgehead atoms. The fourth-order valence-corrected chi connectivity index (χ4v) is 3.03. The van der Waals surface area contributed by atoms with E-state index in [4.69, 9.17) is 9.47 Å². The molecule has 1 N–H and O–H groups in total. The molecule has 0 fully saturated rings. The van der Waals surface area contributed by atoms with Crippen molar-refractivity contribution in [3.63, 3.8) is 0 Å². The first-order valence-electron chi connectivity index (χ1n) is 8.75. The van der Waals surface area contributed by atoms with E-state index in [1.807, 2.05) is 30.3 Å². The van der Waals surface area contributed by atoms with Crippen LogP contribution in [0.15, 0.2) is 42.5 Å². The molecule has 3 rings (SSSR count). The number of aromatic hydroxyl groups is 1. The average molecular weight is 369 g/mol. The fourth-order valence-electron chi connectivity index (χ4n) is 3.03. The van der Waals surface area contributed by atoms with Gasteiger partial charge >= 0.3 is 0 Å². The lowest BCUT2D eigenvalue weighted by molar-refractivity contribution is -0.132. The minimum absolute atomic E-state index is 0.161. The summed E-state index contributed by atoms with van der Waals surface area (Å²) in [6.07, 6.45) is 0.191. The smallest absolute Gasteiger partial charge is 0.260 e. The van der Waals surface area contributed by atoms with Crippen molar-refractivity contribution in [3.05, 3.63) is 53.6 Å². The standard InChI is InChI=1S/C21H23NO5/c1-21(2)11-17(24)20-16(23)9-15(10-18(20)27-21)26-13-19(25)22(3)12-14-7-5-4-6-8-14/h4-10,23H,11-13H2,1-3H3. The number of rotatable bonds is 5. The summed E-state index contributed by atoms with van der Waals surface area (Å²) in [6, 6.07) is 12.5. The summed E-state index contributed by atoms with van der Waals surface area (Å²) in [6.45, 7) is 3.91. The third kappa shape index (κ3) is 4.39. The highest BCUT2D eigenvalue weighted by atomic mass is 16.5. The number of amides is 1. The number of phenols is 1. The van der Waals surface area contributed by atoms with Gasteiger partial charge in [-0.05, 0) is 19.4 Å². The highest BCUT2D eigenvalue weighted by Crippen LogP contribution is 2.40. The minimum atomic E-state index is -0.652. The second kappa shape index (κ2) is 7.31. The van der Waals surface area contributed by atoms with Crippen LogP contribution in [0.25, 0.3) is 0 Å². The third-order valence-corrected chi connectivity index (χ3v) is 4.36. The Hall–Kier alpha value is -3.02. The molecular formula is C21H23NO5. The molecule has 27 heavy (non-hydrogen) atoms. The summed E-state index contributed by atoms with van der Waals surface area (Å²) >= 11 is 0. The van der Waals surface area contributed by atoms with Gasteiger partial charge in [0.05, 0.1) is 6.42 Å². The van der Waals surface area contributed by atoms with E-state index in [0.717, 1.165) is 5.56 Å². The van der Waals surface area contributed by atoms with Gasteiger partial charge < -0.3 is 19.5 Å². The van der Waals surface area contributed by atoms with Gasteiger partial charge in [-0.2, -0.15) is 0 Å². The summed E-state index contributed by atoms with van der Waals surface area (Å²) in [7, 11) is 1.70. The fraction of sp³-hybridized carbons (Fsp3) is 0.333. The zero-order valence-electron chi connectivity index (χ0n) is 15.7. The second-order valence-corrected chi connectivity index (χ2v) is 7.30. The number of hydrogen-bond acceptors (Lipinski definition) is 5. The quantitative estimate of drug-likeness (QED) is 0.876. The minimum Gasteiger partial charge on any atom is -0.507 e. The van der Waals surface area contributed by atoms with Gasteiger partial charge in [0, 0.05) is 25.7 Å². The lowest BCUT2D eigenvalue weighted by atomic mass is 9.92. The highest BCUT2D eigenvalue weighted by Gasteiger charge is 2.35. The zero-order chi connectivity index (χ0) is 19.6. The number of ether oxygens (including phenoxy) is 2. The van der Waals surface area contributed by atoms with Crippen LogP contribution in [0.3, 0.4) is 0 Å². The maximum Gasteiger partial charge on any atom is 0.260 e. The molecule has 1 amide bonds. The van der Waals surface area contributed by atoms with Crippen molar-refractivity contribution in [1.82, 2.24) is 4.90 Å². The van der Waals surface area contributed by atoms with Crippen molar-refractivity contribution in [2.45, 2.75) is 32.4 Å². The molecule has 0 atom stereocenters. The van der Waals surface area contributed by atoms with Crippen LogP contribution in [0.4, 0.5) is 0 Å². The van der Waals surface area contributed by atoms with Crippen LogP contribution >= 0.6 is 0 Å². The van der Waals surface area contributed by atoms with Crippen LogP contribution in [-0.2, 0) is 11.3 Å². The van der Waals surface area contributed by atoms with Crippen molar-refractivity contribution in [3.8, 4) is 17.2 Å². The normalized spacial score (nSPS) is 14.9. The van der Waals surface area contributed by atoms with Crippen LogP contribution in [0.5, 0.6) is 17.2 Å². The van der Waals surface area contributed by atoms with Crippen LogP contribution in [0, 0.1) is 0 Å². The number of hydrogen-bond donors (Lipinski definition) is 1. The topological polar surface area (TPSA) is 76.1 Å². The predicted molar refractivity (Wildman–Crippen MR) is 100 cm³/mol. The Kier molecular flexibility index (Phi) is 5.08. The highest BCUT2D eigenvalue weighted by molar-refractivity contribution is 6.03. The predicted octanol–water partition coefficient (Wildman–Crippen LogP) is 3.17. The van der Waals surface area contributed by atoms with Gasteiger partial charge in [-0.3, -0.25) is 9.59 Å².